The van der Waals surface area contributed by atoms with Gasteiger partial charge in [-0.2, -0.15) is 0 Å². The fraction of sp³-hybridized carbons (Fsp3) is 0.647. The van der Waals surface area contributed by atoms with Crippen LogP contribution in [0.25, 0.3) is 0 Å². The molecule has 0 aromatic heterocycles. The van der Waals surface area contributed by atoms with Crippen LogP contribution in [-0.4, -0.2) is 65.6 Å². The van der Waals surface area contributed by atoms with Crippen molar-refractivity contribution in [3.05, 3.63) is 34.9 Å². The Hall–Kier alpha value is -0.700. The van der Waals surface area contributed by atoms with Gasteiger partial charge in [0.15, 0.2) is 0 Å². The molecule has 1 aromatic carbocycles. The average molecular weight is 391 g/mol. The van der Waals surface area contributed by atoms with E-state index in [1.807, 2.05) is 24.3 Å². The molecular formula is C17H27ClN2O4S. The maximum atomic E-state index is 12.2. The summed E-state index contributed by atoms with van der Waals surface area (Å²) in [5.74, 6) is -0.0566. The molecule has 142 valence electrons. The van der Waals surface area contributed by atoms with Crippen LogP contribution in [0.1, 0.15) is 24.4 Å². The standard InChI is InChI=1S/C17H27ClN2O4S/c1-23-9-10-24-11-12-25(21,22)19-14-17(20-7-2-3-8-20)15-5-4-6-16(18)13-15/h4-6,13,17,19H,2-3,7-12,14H2,1H3. The van der Waals surface area contributed by atoms with Crippen molar-refractivity contribution in [3.8, 4) is 0 Å². The van der Waals surface area contributed by atoms with Gasteiger partial charge in [-0.05, 0) is 43.6 Å². The van der Waals surface area contributed by atoms with Gasteiger partial charge in [-0.1, -0.05) is 23.7 Å². The van der Waals surface area contributed by atoms with E-state index in [0.717, 1.165) is 31.5 Å². The molecule has 6 nitrogen and oxygen atoms in total. The Morgan fingerprint density at radius 1 is 1.24 bits per heavy atom. The highest BCUT2D eigenvalue weighted by atomic mass is 35.5. The van der Waals surface area contributed by atoms with E-state index < -0.39 is 10.0 Å². The SMILES string of the molecule is COCCOCCS(=O)(=O)NCC(c1cccc(Cl)c1)N1CCCC1. The number of benzene rings is 1. The zero-order chi connectivity index (χ0) is 18.1. The van der Waals surface area contributed by atoms with Crippen molar-refractivity contribution in [2.24, 2.45) is 0 Å². The number of rotatable bonds is 11. The number of methoxy groups -OCH3 is 1. The minimum absolute atomic E-state index is 0.00890. The molecule has 0 saturated carbocycles. The molecule has 0 amide bonds. The molecule has 1 heterocycles. The predicted octanol–water partition coefficient (Wildman–Crippen LogP) is 2.06. The van der Waals surface area contributed by atoms with E-state index in [1.54, 1.807) is 7.11 Å². The van der Waals surface area contributed by atoms with E-state index in [1.165, 1.54) is 0 Å². The van der Waals surface area contributed by atoms with E-state index in [2.05, 4.69) is 9.62 Å². The first-order valence-corrected chi connectivity index (χ1v) is 10.6. The molecule has 8 heteroatoms. The molecule has 1 saturated heterocycles. The Labute approximate surface area is 155 Å². The highest BCUT2D eigenvalue weighted by Gasteiger charge is 2.25. The van der Waals surface area contributed by atoms with Gasteiger partial charge in [0.05, 0.1) is 25.6 Å². The molecule has 0 bridgehead atoms. The summed E-state index contributed by atoms with van der Waals surface area (Å²) in [5, 5.41) is 0.663. The quantitative estimate of drug-likeness (QED) is 0.586. The second kappa shape index (κ2) is 10.4. The van der Waals surface area contributed by atoms with Crippen LogP contribution in [0.3, 0.4) is 0 Å². The van der Waals surface area contributed by atoms with E-state index in [-0.39, 0.29) is 18.4 Å². The minimum Gasteiger partial charge on any atom is -0.382 e. The van der Waals surface area contributed by atoms with Crippen LogP contribution in [0.2, 0.25) is 5.02 Å². The molecule has 1 N–H and O–H groups in total. The third-order valence-electron chi connectivity index (χ3n) is 4.24. The molecule has 1 aliphatic rings. The van der Waals surface area contributed by atoms with Crippen molar-refractivity contribution in [3.63, 3.8) is 0 Å². The van der Waals surface area contributed by atoms with Crippen molar-refractivity contribution in [2.45, 2.75) is 18.9 Å². The number of sulfonamides is 1. The predicted molar refractivity (Wildman–Crippen MR) is 99.5 cm³/mol. The van der Waals surface area contributed by atoms with Crippen LogP contribution in [0, 0.1) is 0 Å². The van der Waals surface area contributed by atoms with Gasteiger partial charge in [-0.15, -0.1) is 0 Å². The minimum atomic E-state index is -3.39. The maximum Gasteiger partial charge on any atom is 0.213 e. The molecular weight excluding hydrogens is 364 g/mol. The van der Waals surface area contributed by atoms with Crippen molar-refractivity contribution in [1.29, 1.82) is 0 Å². The van der Waals surface area contributed by atoms with Gasteiger partial charge in [0.1, 0.15) is 0 Å². The lowest BCUT2D eigenvalue weighted by atomic mass is 10.1. The first-order valence-electron chi connectivity index (χ1n) is 8.55. The van der Waals surface area contributed by atoms with Crippen molar-refractivity contribution >= 4 is 21.6 Å². The van der Waals surface area contributed by atoms with Crippen LogP contribution in [0.4, 0.5) is 0 Å². The molecule has 1 aromatic rings. The fourth-order valence-corrected chi connectivity index (χ4v) is 4.01. The summed E-state index contributed by atoms with van der Waals surface area (Å²) in [7, 11) is -1.81. The molecule has 0 radical (unpaired) electrons. The lowest BCUT2D eigenvalue weighted by Gasteiger charge is -2.28. The summed E-state index contributed by atoms with van der Waals surface area (Å²) >= 11 is 6.11. The summed E-state index contributed by atoms with van der Waals surface area (Å²) in [6.07, 6.45) is 2.27. The van der Waals surface area contributed by atoms with Gasteiger partial charge >= 0.3 is 0 Å². The first kappa shape index (κ1) is 20.6. The highest BCUT2D eigenvalue weighted by molar-refractivity contribution is 7.89. The number of likely N-dealkylation sites (tertiary alicyclic amines) is 1. The summed E-state index contributed by atoms with van der Waals surface area (Å²) in [5.41, 5.74) is 1.04. The zero-order valence-corrected chi connectivity index (χ0v) is 16.2. The van der Waals surface area contributed by atoms with Gasteiger partial charge in [-0.25, -0.2) is 13.1 Å². The van der Waals surface area contributed by atoms with Gasteiger partial charge in [0.25, 0.3) is 0 Å². The zero-order valence-electron chi connectivity index (χ0n) is 14.6. The molecule has 2 rings (SSSR count). The topological polar surface area (TPSA) is 67.9 Å². The summed E-state index contributed by atoms with van der Waals surface area (Å²) in [6, 6.07) is 7.63. The second-order valence-electron chi connectivity index (χ2n) is 6.09. The molecule has 0 spiro atoms. The number of halogens is 1. The maximum absolute atomic E-state index is 12.2. The Morgan fingerprint density at radius 2 is 2.00 bits per heavy atom. The van der Waals surface area contributed by atoms with Crippen LogP contribution < -0.4 is 4.72 Å². The Balaban J connectivity index is 1.92. The van der Waals surface area contributed by atoms with Gasteiger partial charge in [0, 0.05) is 24.7 Å². The number of nitrogens with zero attached hydrogens (tertiary/aromatic N) is 1. The van der Waals surface area contributed by atoms with Crippen LogP contribution >= 0.6 is 11.6 Å². The van der Waals surface area contributed by atoms with Crippen LogP contribution in [0.5, 0.6) is 0 Å². The lowest BCUT2D eigenvalue weighted by molar-refractivity contribution is 0.0784. The average Bonchev–Trinajstić information content (AvgIpc) is 3.09. The van der Waals surface area contributed by atoms with E-state index in [0.29, 0.717) is 24.8 Å². The number of nitrogens with one attached hydrogen (secondary N) is 1. The molecule has 1 aliphatic heterocycles. The van der Waals surface area contributed by atoms with E-state index >= 15 is 0 Å². The van der Waals surface area contributed by atoms with Crippen molar-refractivity contribution < 1.29 is 17.9 Å². The molecule has 0 aliphatic carbocycles. The largest absolute Gasteiger partial charge is 0.382 e. The normalized spacial score (nSPS) is 17.0. The number of hydrogen-bond acceptors (Lipinski definition) is 5. The number of hydrogen-bond donors (Lipinski definition) is 1. The summed E-state index contributed by atoms with van der Waals surface area (Å²) < 4.78 is 37.3. The molecule has 1 fully saturated rings. The summed E-state index contributed by atoms with van der Waals surface area (Å²) in [6.45, 7) is 3.28. The molecule has 25 heavy (non-hydrogen) atoms. The van der Waals surface area contributed by atoms with Gasteiger partial charge in [-0.3, -0.25) is 4.90 Å². The van der Waals surface area contributed by atoms with Gasteiger partial charge in [0.2, 0.25) is 10.0 Å². The lowest BCUT2D eigenvalue weighted by Crippen LogP contribution is -2.38. The first-order chi connectivity index (χ1) is 12.0. The monoisotopic (exact) mass is 390 g/mol. The van der Waals surface area contributed by atoms with E-state index in [9.17, 15) is 8.42 Å². The third-order valence-corrected chi connectivity index (χ3v) is 5.79. The summed E-state index contributed by atoms with van der Waals surface area (Å²) in [4.78, 5) is 2.31. The Morgan fingerprint density at radius 3 is 2.68 bits per heavy atom. The number of ether oxygens (including phenoxy) is 2. The van der Waals surface area contributed by atoms with Crippen molar-refractivity contribution in [1.82, 2.24) is 9.62 Å². The third kappa shape index (κ3) is 7.21. The van der Waals surface area contributed by atoms with Gasteiger partial charge < -0.3 is 9.47 Å². The van der Waals surface area contributed by atoms with Crippen LogP contribution in [-0.2, 0) is 19.5 Å². The Bertz CT molecular complexity index is 621. The molecule has 1 atom stereocenters. The Kier molecular flexibility index (Phi) is 8.61. The van der Waals surface area contributed by atoms with E-state index in [4.69, 9.17) is 21.1 Å². The van der Waals surface area contributed by atoms with Crippen molar-refractivity contribution in [2.75, 3.05) is 52.3 Å². The molecule has 1 unspecified atom stereocenters. The smallest absolute Gasteiger partial charge is 0.213 e. The van der Waals surface area contributed by atoms with Crippen LogP contribution in [0.15, 0.2) is 24.3 Å². The highest BCUT2D eigenvalue weighted by Crippen LogP contribution is 2.26. The fourth-order valence-electron chi connectivity index (χ4n) is 2.92. The second-order valence-corrected chi connectivity index (χ2v) is 8.45.